The van der Waals surface area contributed by atoms with Gasteiger partial charge in [0.05, 0.1) is 0 Å². The molecule has 1 atom stereocenters. The third kappa shape index (κ3) is 2.50. The van der Waals surface area contributed by atoms with Gasteiger partial charge in [0.2, 0.25) is 0 Å². The standard InChI is InChI=1S/C12H13Cl2NO/c1-8-2-3-15(7-8)12(16)9-4-10(13)6-11(14)5-9/h4-6,8H,2-3,7H2,1H3/t8-/m1/s1. The molecule has 1 fully saturated rings. The first-order valence-corrected chi connectivity index (χ1v) is 6.07. The molecule has 0 bridgehead atoms. The number of benzene rings is 1. The highest BCUT2D eigenvalue weighted by atomic mass is 35.5. The van der Waals surface area contributed by atoms with Crippen LogP contribution in [0.1, 0.15) is 23.7 Å². The van der Waals surface area contributed by atoms with Crippen LogP contribution < -0.4 is 0 Å². The van der Waals surface area contributed by atoms with Crippen molar-refractivity contribution >= 4 is 29.1 Å². The van der Waals surface area contributed by atoms with E-state index in [4.69, 9.17) is 23.2 Å². The lowest BCUT2D eigenvalue weighted by atomic mass is 10.2. The van der Waals surface area contributed by atoms with E-state index >= 15 is 0 Å². The van der Waals surface area contributed by atoms with Gasteiger partial charge in [-0.3, -0.25) is 4.79 Å². The van der Waals surface area contributed by atoms with Crippen molar-refractivity contribution in [1.82, 2.24) is 4.90 Å². The van der Waals surface area contributed by atoms with Crippen molar-refractivity contribution in [3.05, 3.63) is 33.8 Å². The van der Waals surface area contributed by atoms with E-state index in [1.165, 1.54) is 0 Å². The first kappa shape index (κ1) is 11.7. The van der Waals surface area contributed by atoms with Gasteiger partial charge in [0.25, 0.3) is 5.91 Å². The molecule has 0 radical (unpaired) electrons. The number of carbonyl (C=O) groups is 1. The molecule has 2 rings (SSSR count). The molecule has 86 valence electrons. The molecule has 1 heterocycles. The monoisotopic (exact) mass is 257 g/mol. The maximum Gasteiger partial charge on any atom is 0.253 e. The summed E-state index contributed by atoms with van der Waals surface area (Å²) in [7, 11) is 0. The van der Waals surface area contributed by atoms with Crippen molar-refractivity contribution in [3.8, 4) is 0 Å². The summed E-state index contributed by atoms with van der Waals surface area (Å²) in [5, 5.41) is 1.01. The van der Waals surface area contributed by atoms with Gasteiger partial charge in [0.1, 0.15) is 0 Å². The molecule has 16 heavy (non-hydrogen) atoms. The van der Waals surface area contributed by atoms with Crippen LogP contribution in [0.3, 0.4) is 0 Å². The second-order valence-corrected chi connectivity index (χ2v) is 5.18. The SMILES string of the molecule is C[C@@H]1CCN(C(=O)c2cc(Cl)cc(Cl)c2)C1. The number of hydrogen-bond donors (Lipinski definition) is 0. The lowest BCUT2D eigenvalue weighted by Crippen LogP contribution is -2.28. The third-order valence-electron chi connectivity index (χ3n) is 2.82. The van der Waals surface area contributed by atoms with Crippen molar-refractivity contribution in [2.45, 2.75) is 13.3 Å². The predicted octanol–water partition coefficient (Wildman–Crippen LogP) is 3.48. The average Bonchev–Trinajstić information content (AvgIpc) is 2.62. The van der Waals surface area contributed by atoms with Crippen molar-refractivity contribution in [1.29, 1.82) is 0 Å². The Morgan fingerprint density at radius 1 is 1.31 bits per heavy atom. The molecule has 0 aromatic heterocycles. The fourth-order valence-corrected chi connectivity index (χ4v) is 2.51. The second-order valence-electron chi connectivity index (χ2n) is 4.30. The van der Waals surface area contributed by atoms with E-state index in [1.54, 1.807) is 18.2 Å². The van der Waals surface area contributed by atoms with Gasteiger partial charge < -0.3 is 4.90 Å². The van der Waals surface area contributed by atoms with Crippen LogP contribution in [0.25, 0.3) is 0 Å². The lowest BCUT2D eigenvalue weighted by Gasteiger charge is -2.16. The van der Waals surface area contributed by atoms with E-state index in [-0.39, 0.29) is 5.91 Å². The third-order valence-corrected chi connectivity index (χ3v) is 3.26. The lowest BCUT2D eigenvalue weighted by molar-refractivity contribution is 0.0788. The molecule has 1 amide bonds. The first-order valence-electron chi connectivity index (χ1n) is 5.31. The fourth-order valence-electron chi connectivity index (χ4n) is 1.98. The number of rotatable bonds is 1. The Kier molecular flexibility index (Phi) is 3.41. The number of likely N-dealkylation sites (tertiary alicyclic amines) is 1. The first-order chi connectivity index (χ1) is 7.56. The van der Waals surface area contributed by atoms with Crippen molar-refractivity contribution in [3.63, 3.8) is 0 Å². The zero-order valence-electron chi connectivity index (χ0n) is 9.04. The average molecular weight is 258 g/mol. The van der Waals surface area contributed by atoms with E-state index in [2.05, 4.69) is 6.92 Å². The van der Waals surface area contributed by atoms with Crippen LogP contribution in [0.5, 0.6) is 0 Å². The Labute approximate surface area is 105 Å². The minimum atomic E-state index is 0.0220. The minimum absolute atomic E-state index is 0.0220. The Balaban J connectivity index is 2.20. The molecular formula is C12H13Cl2NO. The van der Waals surface area contributed by atoms with Crippen LogP contribution in [0.4, 0.5) is 0 Å². The molecule has 4 heteroatoms. The Bertz CT molecular complexity index is 399. The highest BCUT2D eigenvalue weighted by Crippen LogP contribution is 2.23. The van der Waals surface area contributed by atoms with Gasteiger partial charge in [-0.2, -0.15) is 0 Å². The zero-order chi connectivity index (χ0) is 11.7. The van der Waals surface area contributed by atoms with Gasteiger partial charge in [0, 0.05) is 28.7 Å². The number of nitrogens with zero attached hydrogens (tertiary/aromatic N) is 1. The molecule has 1 aromatic rings. The van der Waals surface area contributed by atoms with Gasteiger partial charge in [-0.15, -0.1) is 0 Å². The normalized spacial score (nSPS) is 20.2. The summed E-state index contributed by atoms with van der Waals surface area (Å²) in [4.78, 5) is 14.0. The fraction of sp³-hybridized carbons (Fsp3) is 0.417. The van der Waals surface area contributed by atoms with E-state index in [0.717, 1.165) is 19.5 Å². The molecule has 0 saturated carbocycles. The highest BCUT2D eigenvalue weighted by Gasteiger charge is 2.24. The molecule has 1 saturated heterocycles. The smallest absolute Gasteiger partial charge is 0.253 e. The summed E-state index contributed by atoms with van der Waals surface area (Å²) in [6.45, 7) is 3.80. The van der Waals surface area contributed by atoms with Crippen LogP contribution in [0, 0.1) is 5.92 Å². The summed E-state index contributed by atoms with van der Waals surface area (Å²) in [6.07, 6.45) is 1.07. The molecule has 0 spiro atoms. The van der Waals surface area contributed by atoms with Gasteiger partial charge in [-0.1, -0.05) is 30.1 Å². The predicted molar refractivity (Wildman–Crippen MR) is 66.1 cm³/mol. The maximum atomic E-state index is 12.1. The molecular weight excluding hydrogens is 245 g/mol. The molecule has 1 aliphatic heterocycles. The summed E-state index contributed by atoms with van der Waals surface area (Å²) in [6, 6.07) is 4.96. The molecule has 0 aliphatic carbocycles. The van der Waals surface area contributed by atoms with Crippen LogP contribution >= 0.6 is 23.2 Å². The number of carbonyl (C=O) groups excluding carboxylic acids is 1. The number of halogens is 2. The molecule has 0 N–H and O–H groups in total. The van der Waals surface area contributed by atoms with Crippen LogP contribution in [-0.2, 0) is 0 Å². The summed E-state index contributed by atoms with van der Waals surface area (Å²) >= 11 is 11.7. The number of amides is 1. The van der Waals surface area contributed by atoms with E-state index in [0.29, 0.717) is 21.5 Å². The van der Waals surface area contributed by atoms with Gasteiger partial charge in [-0.25, -0.2) is 0 Å². The Morgan fingerprint density at radius 3 is 2.44 bits per heavy atom. The summed E-state index contributed by atoms with van der Waals surface area (Å²) in [5.74, 6) is 0.604. The second kappa shape index (κ2) is 4.64. The van der Waals surface area contributed by atoms with Gasteiger partial charge in [0.15, 0.2) is 0 Å². The molecule has 1 aliphatic rings. The van der Waals surface area contributed by atoms with Crippen LogP contribution in [-0.4, -0.2) is 23.9 Å². The zero-order valence-corrected chi connectivity index (χ0v) is 10.6. The van der Waals surface area contributed by atoms with Crippen LogP contribution in [0.2, 0.25) is 10.0 Å². The Hall–Kier alpha value is -0.730. The molecule has 0 unspecified atom stereocenters. The maximum absolute atomic E-state index is 12.1. The van der Waals surface area contributed by atoms with Gasteiger partial charge in [-0.05, 0) is 30.5 Å². The molecule has 1 aromatic carbocycles. The number of hydrogen-bond acceptors (Lipinski definition) is 1. The largest absolute Gasteiger partial charge is 0.338 e. The van der Waals surface area contributed by atoms with Crippen molar-refractivity contribution < 1.29 is 4.79 Å². The quantitative estimate of drug-likeness (QED) is 0.755. The highest BCUT2D eigenvalue weighted by molar-refractivity contribution is 6.35. The topological polar surface area (TPSA) is 20.3 Å². The van der Waals surface area contributed by atoms with Crippen molar-refractivity contribution in [2.24, 2.45) is 5.92 Å². The van der Waals surface area contributed by atoms with E-state index in [1.807, 2.05) is 4.90 Å². The minimum Gasteiger partial charge on any atom is -0.338 e. The summed E-state index contributed by atoms with van der Waals surface area (Å²) < 4.78 is 0. The van der Waals surface area contributed by atoms with E-state index in [9.17, 15) is 4.79 Å². The Morgan fingerprint density at radius 2 is 1.94 bits per heavy atom. The summed E-state index contributed by atoms with van der Waals surface area (Å²) in [5.41, 5.74) is 0.576. The van der Waals surface area contributed by atoms with Gasteiger partial charge >= 0.3 is 0 Å². The van der Waals surface area contributed by atoms with Crippen LogP contribution in [0.15, 0.2) is 18.2 Å². The van der Waals surface area contributed by atoms with E-state index < -0.39 is 0 Å². The van der Waals surface area contributed by atoms with Crippen molar-refractivity contribution in [2.75, 3.05) is 13.1 Å². The molecule has 2 nitrogen and oxygen atoms in total.